The van der Waals surface area contributed by atoms with Crippen molar-refractivity contribution in [3.8, 4) is 22.3 Å². The zero-order chi connectivity index (χ0) is 38.2. The Labute approximate surface area is 337 Å². The number of para-hydroxylation sites is 4. The van der Waals surface area contributed by atoms with Crippen molar-refractivity contribution in [2.75, 3.05) is 9.80 Å². The summed E-state index contributed by atoms with van der Waals surface area (Å²) in [6.45, 7) is 0. The molecular weight excluding hydrogens is 705 g/mol. The normalized spacial score (nSPS) is 14.6. The van der Waals surface area contributed by atoms with E-state index in [0.29, 0.717) is 0 Å². The maximum absolute atomic E-state index is 6.26. The summed E-state index contributed by atoms with van der Waals surface area (Å²) in [6, 6.07) is 79.3. The van der Waals surface area contributed by atoms with Crippen LogP contribution in [0.4, 0.5) is 34.1 Å². The van der Waals surface area contributed by atoms with Gasteiger partial charge in [0, 0.05) is 44.9 Å². The summed E-state index contributed by atoms with van der Waals surface area (Å²) in [6.07, 6.45) is 0. The molecular formula is C55H36N2O. The zero-order valence-electron chi connectivity index (χ0n) is 31.6. The molecule has 0 aliphatic heterocycles. The topological polar surface area (TPSA) is 19.6 Å². The summed E-state index contributed by atoms with van der Waals surface area (Å²) in [7, 11) is 0. The number of anilines is 6. The standard InChI is InChI=1S/C55H36N2O/c1-4-16-37(17-5-1)56(38-18-6-2-7-19-38)42-28-31-45-43-22-10-13-25-49(43)55(52(45)36-42)50-26-14-11-23-44(50)47-34-40(29-32-51(47)55)57(39-20-8-3-9-21-39)41-30-33-54-48(35-41)46-24-12-15-27-53(46)58-54/h1-36H. The summed E-state index contributed by atoms with van der Waals surface area (Å²) >= 11 is 0. The van der Waals surface area contributed by atoms with Crippen LogP contribution in [0.1, 0.15) is 22.3 Å². The lowest BCUT2D eigenvalue weighted by Gasteiger charge is -2.32. The van der Waals surface area contributed by atoms with Gasteiger partial charge in [-0.15, -0.1) is 0 Å². The maximum atomic E-state index is 6.26. The van der Waals surface area contributed by atoms with E-state index in [1.54, 1.807) is 0 Å². The van der Waals surface area contributed by atoms with Gasteiger partial charge in [-0.2, -0.15) is 0 Å². The summed E-state index contributed by atoms with van der Waals surface area (Å²) in [5, 5.41) is 2.22. The van der Waals surface area contributed by atoms with Crippen LogP contribution >= 0.6 is 0 Å². The van der Waals surface area contributed by atoms with Gasteiger partial charge in [-0.25, -0.2) is 0 Å². The van der Waals surface area contributed by atoms with Crippen molar-refractivity contribution in [3.63, 3.8) is 0 Å². The Balaban J connectivity index is 1.09. The number of hydrogen-bond acceptors (Lipinski definition) is 3. The van der Waals surface area contributed by atoms with Crippen LogP contribution in [0.5, 0.6) is 0 Å². The molecule has 0 radical (unpaired) electrons. The van der Waals surface area contributed by atoms with Crippen molar-refractivity contribution in [1.29, 1.82) is 0 Å². The van der Waals surface area contributed by atoms with E-state index in [1.807, 2.05) is 12.1 Å². The monoisotopic (exact) mass is 740 g/mol. The zero-order valence-corrected chi connectivity index (χ0v) is 31.6. The summed E-state index contributed by atoms with van der Waals surface area (Å²) in [4.78, 5) is 4.75. The molecule has 0 fully saturated rings. The number of rotatable bonds is 6. The van der Waals surface area contributed by atoms with Crippen molar-refractivity contribution in [2.45, 2.75) is 5.41 Å². The molecule has 0 saturated carbocycles. The number of furan rings is 1. The fourth-order valence-electron chi connectivity index (χ4n) is 9.88. The lowest BCUT2D eigenvalue weighted by atomic mass is 9.70. The Hall–Kier alpha value is -7.62. The molecule has 1 unspecified atom stereocenters. The minimum atomic E-state index is -0.502. The largest absolute Gasteiger partial charge is 0.456 e. The molecule has 1 aromatic heterocycles. The van der Waals surface area contributed by atoms with Crippen LogP contribution in [0.15, 0.2) is 223 Å². The fraction of sp³-hybridized carbons (Fsp3) is 0.0182. The first-order chi connectivity index (χ1) is 28.8. The highest BCUT2D eigenvalue weighted by Gasteiger charge is 2.52. The van der Waals surface area contributed by atoms with Crippen LogP contribution in [0.2, 0.25) is 0 Å². The van der Waals surface area contributed by atoms with Crippen LogP contribution in [0.25, 0.3) is 44.2 Å². The molecule has 3 nitrogen and oxygen atoms in total. The number of benzene rings is 9. The van der Waals surface area contributed by atoms with Crippen LogP contribution in [0, 0.1) is 0 Å². The van der Waals surface area contributed by atoms with Gasteiger partial charge in [0.2, 0.25) is 0 Å². The molecule has 0 saturated heterocycles. The molecule has 272 valence electrons. The molecule has 0 amide bonds. The van der Waals surface area contributed by atoms with E-state index < -0.39 is 5.41 Å². The van der Waals surface area contributed by atoms with Gasteiger partial charge in [0.05, 0.1) is 5.41 Å². The summed E-state index contributed by atoms with van der Waals surface area (Å²) in [5.74, 6) is 0. The highest BCUT2D eigenvalue weighted by molar-refractivity contribution is 6.07. The molecule has 1 atom stereocenters. The second-order valence-corrected chi connectivity index (χ2v) is 15.3. The van der Waals surface area contributed by atoms with Crippen LogP contribution in [-0.4, -0.2) is 0 Å². The molecule has 2 aliphatic rings. The van der Waals surface area contributed by atoms with Crippen molar-refractivity contribution >= 4 is 56.1 Å². The third kappa shape index (κ3) is 4.68. The van der Waals surface area contributed by atoms with Crippen LogP contribution in [-0.2, 0) is 5.41 Å². The second kappa shape index (κ2) is 12.7. The van der Waals surface area contributed by atoms with Gasteiger partial charge in [0.1, 0.15) is 11.2 Å². The SMILES string of the molecule is c1ccc(N(c2ccccc2)c2ccc3c(c2)C2(c4ccccc4-c4cc(N(c5ccccc5)c5ccc6oc7ccccc7c6c5)ccc42)c2ccccc2-3)cc1. The fourth-order valence-corrected chi connectivity index (χ4v) is 9.88. The Morgan fingerprint density at radius 3 is 1.40 bits per heavy atom. The second-order valence-electron chi connectivity index (χ2n) is 15.3. The first kappa shape index (κ1) is 32.6. The first-order valence-corrected chi connectivity index (χ1v) is 19.9. The van der Waals surface area contributed by atoms with E-state index in [0.717, 1.165) is 56.1 Å². The molecule has 1 spiro atoms. The first-order valence-electron chi connectivity index (χ1n) is 19.9. The van der Waals surface area contributed by atoms with Crippen molar-refractivity contribution < 1.29 is 4.42 Å². The van der Waals surface area contributed by atoms with E-state index >= 15 is 0 Å². The molecule has 10 aromatic rings. The van der Waals surface area contributed by atoms with E-state index in [1.165, 1.54) is 44.5 Å². The van der Waals surface area contributed by atoms with E-state index in [-0.39, 0.29) is 0 Å². The van der Waals surface area contributed by atoms with Gasteiger partial charge in [-0.1, -0.05) is 133 Å². The third-order valence-electron chi connectivity index (χ3n) is 12.2. The van der Waals surface area contributed by atoms with Crippen molar-refractivity contribution in [3.05, 3.63) is 241 Å². The van der Waals surface area contributed by atoms with Crippen molar-refractivity contribution in [1.82, 2.24) is 0 Å². The van der Waals surface area contributed by atoms with Crippen molar-refractivity contribution in [2.24, 2.45) is 0 Å². The molecule has 0 bridgehead atoms. The Bertz CT molecular complexity index is 3150. The van der Waals surface area contributed by atoms with Gasteiger partial charge < -0.3 is 14.2 Å². The van der Waals surface area contributed by atoms with E-state index in [4.69, 9.17) is 4.42 Å². The molecule has 12 rings (SSSR count). The number of hydrogen-bond donors (Lipinski definition) is 0. The highest BCUT2D eigenvalue weighted by atomic mass is 16.3. The molecule has 3 heteroatoms. The minimum absolute atomic E-state index is 0.502. The average Bonchev–Trinajstić information content (AvgIpc) is 3.91. The van der Waals surface area contributed by atoms with Gasteiger partial charge >= 0.3 is 0 Å². The van der Waals surface area contributed by atoms with Gasteiger partial charge in [-0.3, -0.25) is 0 Å². The number of nitrogens with zero attached hydrogens (tertiary/aromatic N) is 2. The molecule has 0 N–H and O–H groups in total. The quantitative estimate of drug-likeness (QED) is 0.169. The average molecular weight is 741 g/mol. The summed E-state index contributed by atoms with van der Waals surface area (Å²) in [5.41, 5.74) is 18.3. The molecule has 1 heterocycles. The predicted molar refractivity (Wildman–Crippen MR) is 239 cm³/mol. The molecule has 2 aliphatic carbocycles. The van der Waals surface area contributed by atoms with E-state index in [9.17, 15) is 0 Å². The Kier molecular flexibility index (Phi) is 7.14. The smallest absolute Gasteiger partial charge is 0.135 e. The Morgan fingerprint density at radius 1 is 0.276 bits per heavy atom. The lowest BCUT2D eigenvalue weighted by molar-refractivity contribution is 0.669. The number of fused-ring (bicyclic) bond motifs is 13. The van der Waals surface area contributed by atoms with Crippen LogP contribution in [0.3, 0.4) is 0 Å². The molecule has 9 aromatic carbocycles. The third-order valence-corrected chi connectivity index (χ3v) is 12.2. The van der Waals surface area contributed by atoms with Crippen LogP contribution < -0.4 is 9.80 Å². The lowest BCUT2D eigenvalue weighted by Crippen LogP contribution is -2.26. The maximum Gasteiger partial charge on any atom is 0.135 e. The predicted octanol–water partition coefficient (Wildman–Crippen LogP) is 14.9. The van der Waals surface area contributed by atoms with Gasteiger partial charge in [0.15, 0.2) is 0 Å². The van der Waals surface area contributed by atoms with Gasteiger partial charge in [0.25, 0.3) is 0 Å². The van der Waals surface area contributed by atoms with E-state index in [2.05, 4.69) is 216 Å². The van der Waals surface area contributed by atoms with Gasteiger partial charge in [-0.05, 0) is 129 Å². The highest BCUT2D eigenvalue weighted by Crippen LogP contribution is 2.64. The molecule has 58 heavy (non-hydrogen) atoms. The minimum Gasteiger partial charge on any atom is -0.456 e. The Morgan fingerprint density at radius 2 is 0.724 bits per heavy atom. The summed E-state index contributed by atoms with van der Waals surface area (Å²) < 4.78 is 6.26.